The Morgan fingerprint density at radius 2 is 2.05 bits per heavy atom. The second-order valence-corrected chi connectivity index (χ2v) is 4.56. The molecule has 0 bridgehead atoms. The predicted octanol–water partition coefficient (Wildman–Crippen LogP) is 2.88. The van der Waals surface area contributed by atoms with Crippen molar-refractivity contribution in [3.8, 4) is 0 Å². The molecule has 19 heavy (non-hydrogen) atoms. The molecule has 7 heteroatoms. The molecule has 0 amide bonds. The Morgan fingerprint density at radius 3 is 2.63 bits per heavy atom. The van der Waals surface area contributed by atoms with Gasteiger partial charge in [0.05, 0.1) is 23.5 Å². The van der Waals surface area contributed by atoms with Crippen LogP contribution in [0, 0.1) is 10.1 Å². The lowest BCUT2D eigenvalue weighted by atomic mass is 10.0. The molecule has 0 aliphatic heterocycles. The van der Waals surface area contributed by atoms with Gasteiger partial charge in [-0.15, -0.1) is 0 Å². The second-order valence-electron chi connectivity index (χ2n) is 3.65. The van der Waals surface area contributed by atoms with Crippen LogP contribution in [0.2, 0.25) is 0 Å². The van der Waals surface area contributed by atoms with Crippen LogP contribution in [-0.4, -0.2) is 23.3 Å². The SMILES string of the molecule is CCOC(=O)CCC(=O)c1ccc(Br)cc1[N+](=O)[O-]. The monoisotopic (exact) mass is 329 g/mol. The van der Waals surface area contributed by atoms with Crippen molar-refractivity contribution in [1.29, 1.82) is 0 Å². The molecule has 1 rings (SSSR count). The van der Waals surface area contributed by atoms with Gasteiger partial charge in [0, 0.05) is 17.0 Å². The summed E-state index contributed by atoms with van der Waals surface area (Å²) in [4.78, 5) is 33.2. The Labute approximate surface area is 118 Å². The molecule has 1 aromatic carbocycles. The average Bonchev–Trinajstić information content (AvgIpc) is 2.36. The van der Waals surface area contributed by atoms with Gasteiger partial charge in [0.1, 0.15) is 0 Å². The van der Waals surface area contributed by atoms with Crippen molar-refractivity contribution in [3.63, 3.8) is 0 Å². The topological polar surface area (TPSA) is 86.5 Å². The minimum Gasteiger partial charge on any atom is -0.466 e. The van der Waals surface area contributed by atoms with Gasteiger partial charge in [-0.25, -0.2) is 0 Å². The molecular formula is C12H12BrNO5. The summed E-state index contributed by atoms with van der Waals surface area (Å²) >= 11 is 3.11. The van der Waals surface area contributed by atoms with Gasteiger partial charge in [-0.05, 0) is 19.1 Å². The highest BCUT2D eigenvalue weighted by Crippen LogP contribution is 2.25. The smallest absolute Gasteiger partial charge is 0.306 e. The maximum absolute atomic E-state index is 11.9. The fraction of sp³-hybridized carbons (Fsp3) is 0.333. The van der Waals surface area contributed by atoms with E-state index >= 15 is 0 Å². The molecule has 0 aliphatic carbocycles. The van der Waals surface area contributed by atoms with Gasteiger partial charge in [0.2, 0.25) is 0 Å². The molecule has 6 nitrogen and oxygen atoms in total. The Balaban J connectivity index is 2.82. The van der Waals surface area contributed by atoms with Crippen LogP contribution in [-0.2, 0) is 9.53 Å². The maximum atomic E-state index is 11.9. The number of carbonyl (C=O) groups excluding carboxylic acids is 2. The minimum atomic E-state index is -0.623. The maximum Gasteiger partial charge on any atom is 0.306 e. The first-order valence-electron chi connectivity index (χ1n) is 5.58. The molecular weight excluding hydrogens is 318 g/mol. The highest BCUT2D eigenvalue weighted by Gasteiger charge is 2.21. The van der Waals surface area contributed by atoms with E-state index in [0.717, 1.165) is 0 Å². The number of ether oxygens (including phenoxy) is 1. The highest BCUT2D eigenvalue weighted by atomic mass is 79.9. The van der Waals surface area contributed by atoms with Gasteiger partial charge < -0.3 is 4.74 Å². The van der Waals surface area contributed by atoms with Crippen LogP contribution in [0.25, 0.3) is 0 Å². The summed E-state index contributed by atoms with van der Waals surface area (Å²) in [6.07, 6.45) is -0.193. The second kappa shape index (κ2) is 6.98. The van der Waals surface area contributed by atoms with Crippen molar-refractivity contribution in [3.05, 3.63) is 38.3 Å². The van der Waals surface area contributed by atoms with Crippen molar-refractivity contribution in [1.82, 2.24) is 0 Å². The lowest BCUT2D eigenvalue weighted by Gasteiger charge is -2.03. The van der Waals surface area contributed by atoms with Gasteiger partial charge >= 0.3 is 5.97 Å². The number of carbonyl (C=O) groups is 2. The van der Waals surface area contributed by atoms with Crippen LogP contribution < -0.4 is 0 Å². The summed E-state index contributed by atoms with van der Waals surface area (Å²) in [7, 11) is 0. The van der Waals surface area contributed by atoms with E-state index in [9.17, 15) is 19.7 Å². The van der Waals surface area contributed by atoms with E-state index in [1.807, 2.05) is 0 Å². The molecule has 0 N–H and O–H groups in total. The van der Waals surface area contributed by atoms with Crippen molar-refractivity contribution >= 4 is 33.4 Å². The van der Waals surface area contributed by atoms with Gasteiger partial charge in [0.25, 0.3) is 5.69 Å². The van der Waals surface area contributed by atoms with Gasteiger partial charge in [-0.3, -0.25) is 19.7 Å². The zero-order valence-electron chi connectivity index (χ0n) is 10.2. The molecule has 102 valence electrons. The number of Topliss-reactive ketones (excluding diaryl/α,β-unsaturated/α-hetero) is 1. The third-order valence-electron chi connectivity index (χ3n) is 2.32. The fourth-order valence-electron chi connectivity index (χ4n) is 1.48. The van der Waals surface area contributed by atoms with Crippen LogP contribution in [0.3, 0.4) is 0 Å². The number of hydrogen-bond acceptors (Lipinski definition) is 5. The van der Waals surface area contributed by atoms with Crippen molar-refractivity contribution in [2.75, 3.05) is 6.61 Å². The number of ketones is 1. The average molecular weight is 330 g/mol. The number of nitro benzene ring substituents is 1. The Morgan fingerprint density at radius 1 is 1.37 bits per heavy atom. The molecule has 0 aliphatic rings. The summed E-state index contributed by atoms with van der Waals surface area (Å²) in [6, 6.07) is 4.18. The Kier molecular flexibility index (Phi) is 5.62. The summed E-state index contributed by atoms with van der Waals surface area (Å²) < 4.78 is 5.21. The lowest BCUT2D eigenvalue weighted by molar-refractivity contribution is -0.385. The van der Waals surface area contributed by atoms with E-state index in [4.69, 9.17) is 4.74 Å². The standard InChI is InChI=1S/C12H12BrNO5/c1-2-19-12(16)6-5-11(15)9-4-3-8(13)7-10(9)14(17)18/h3-4,7H,2,5-6H2,1H3. The molecule has 0 spiro atoms. The molecule has 0 saturated heterocycles. The number of rotatable bonds is 6. The number of nitro groups is 1. The molecule has 0 radical (unpaired) electrons. The van der Waals surface area contributed by atoms with E-state index < -0.39 is 16.7 Å². The quantitative estimate of drug-likeness (QED) is 0.346. The largest absolute Gasteiger partial charge is 0.466 e. The first kappa shape index (κ1) is 15.3. The van der Waals surface area contributed by atoms with E-state index in [1.54, 1.807) is 13.0 Å². The molecule has 0 heterocycles. The van der Waals surface area contributed by atoms with Crippen molar-refractivity contribution in [2.45, 2.75) is 19.8 Å². The Hall–Kier alpha value is -1.76. The first-order valence-corrected chi connectivity index (χ1v) is 6.37. The van der Waals surface area contributed by atoms with Gasteiger partial charge in [-0.2, -0.15) is 0 Å². The molecule has 0 fully saturated rings. The minimum absolute atomic E-state index is 0.00232. The lowest BCUT2D eigenvalue weighted by Crippen LogP contribution is -2.09. The van der Waals surface area contributed by atoms with Crippen LogP contribution >= 0.6 is 15.9 Å². The normalized spacial score (nSPS) is 10.0. The molecule has 0 unspecified atom stereocenters. The number of hydrogen-bond donors (Lipinski definition) is 0. The van der Waals surface area contributed by atoms with Crippen LogP contribution in [0.1, 0.15) is 30.1 Å². The number of nitrogens with zero attached hydrogens (tertiary/aromatic N) is 1. The first-order chi connectivity index (χ1) is 8.95. The number of esters is 1. The number of halogens is 1. The zero-order valence-corrected chi connectivity index (χ0v) is 11.8. The fourth-order valence-corrected chi connectivity index (χ4v) is 1.82. The third-order valence-corrected chi connectivity index (χ3v) is 2.81. The van der Waals surface area contributed by atoms with E-state index in [2.05, 4.69) is 15.9 Å². The molecule has 0 atom stereocenters. The van der Waals surface area contributed by atoms with E-state index in [1.165, 1.54) is 12.1 Å². The van der Waals surface area contributed by atoms with Crippen LogP contribution in [0.15, 0.2) is 22.7 Å². The summed E-state index contributed by atoms with van der Waals surface area (Å²) in [6.45, 7) is 1.91. The van der Waals surface area contributed by atoms with Crippen LogP contribution in [0.4, 0.5) is 5.69 Å². The van der Waals surface area contributed by atoms with Crippen LogP contribution in [0.5, 0.6) is 0 Å². The van der Waals surface area contributed by atoms with E-state index in [-0.39, 0.29) is 30.7 Å². The summed E-state index contributed by atoms with van der Waals surface area (Å²) in [5, 5.41) is 10.9. The van der Waals surface area contributed by atoms with Gasteiger partial charge in [-0.1, -0.05) is 15.9 Å². The van der Waals surface area contributed by atoms with Crippen molar-refractivity contribution < 1.29 is 19.2 Å². The summed E-state index contributed by atoms with van der Waals surface area (Å²) in [5.41, 5.74) is -0.277. The molecule has 0 aromatic heterocycles. The van der Waals surface area contributed by atoms with E-state index in [0.29, 0.717) is 4.47 Å². The molecule has 1 aromatic rings. The van der Waals surface area contributed by atoms with Gasteiger partial charge in [0.15, 0.2) is 5.78 Å². The Bertz CT molecular complexity index is 515. The van der Waals surface area contributed by atoms with Crippen molar-refractivity contribution in [2.24, 2.45) is 0 Å². The molecule has 0 saturated carbocycles. The zero-order chi connectivity index (χ0) is 14.4. The highest BCUT2D eigenvalue weighted by molar-refractivity contribution is 9.10. The number of benzene rings is 1. The summed E-state index contributed by atoms with van der Waals surface area (Å²) in [5.74, 6) is -0.942. The predicted molar refractivity (Wildman–Crippen MR) is 71.0 cm³/mol. The third kappa shape index (κ3) is 4.44.